The molecule has 0 aromatic heterocycles. The zero-order chi connectivity index (χ0) is 13.2. The highest BCUT2D eigenvalue weighted by atomic mass is 16.3. The average molecular weight is 242 g/mol. The van der Waals surface area contributed by atoms with Gasteiger partial charge in [0.2, 0.25) is 5.91 Å². The molecule has 4 nitrogen and oxygen atoms in total. The first kappa shape index (κ1) is 14.5. The number of carbonyl (C=O) groups is 1. The van der Waals surface area contributed by atoms with E-state index < -0.39 is 5.54 Å². The molecule has 0 radical (unpaired) electrons. The maximum absolute atomic E-state index is 12.4. The third-order valence-corrected chi connectivity index (χ3v) is 4.24. The lowest BCUT2D eigenvalue weighted by atomic mass is 9.77. The van der Waals surface area contributed by atoms with Gasteiger partial charge in [0.05, 0.1) is 18.1 Å². The zero-order valence-corrected chi connectivity index (χ0v) is 11.4. The average Bonchev–Trinajstić information content (AvgIpc) is 2.30. The van der Waals surface area contributed by atoms with E-state index in [9.17, 15) is 9.90 Å². The Morgan fingerprint density at radius 1 is 1.47 bits per heavy atom. The summed E-state index contributed by atoms with van der Waals surface area (Å²) in [5, 5.41) is 9.30. The summed E-state index contributed by atoms with van der Waals surface area (Å²) in [6, 6.07) is -0.0480. The van der Waals surface area contributed by atoms with Crippen molar-refractivity contribution in [2.45, 2.75) is 51.6 Å². The fraction of sp³-hybridized carbons (Fsp3) is 0.923. The van der Waals surface area contributed by atoms with E-state index in [2.05, 4.69) is 6.92 Å². The van der Waals surface area contributed by atoms with Crippen molar-refractivity contribution < 1.29 is 9.90 Å². The van der Waals surface area contributed by atoms with Crippen molar-refractivity contribution in [3.8, 4) is 0 Å². The van der Waals surface area contributed by atoms with Crippen molar-refractivity contribution in [1.29, 1.82) is 0 Å². The molecular formula is C13H26N2O2. The normalized spacial score (nSPS) is 30.1. The number of likely N-dealkylation sites (N-methyl/N-ethyl adjacent to an activating group) is 1. The molecule has 1 aliphatic carbocycles. The minimum Gasteiger partial charge on any atom is -0.394 e. The third kappa shape index (κ3) is 2.99. The summed E-state index contributed by atoms with van der Waals surface area (Å²) in [4.78, 5) is 14.0. The van der Waals surface area contributed by atoms with E-state index in [1.807, 2.05) is 13.8 Å². The van der Waals surface area contributed by atoms with Gasteiger partial charge in [-0.05, 0) is 32.6 Å². The standard InChI is InChI=1S/C13H26N2O2/c1-9-6-5-7-10(11(9)14)12(17)15(4)13(2,3)8-16/h9-11,16H,5-8,14H2,1-4H3. The molecule has 3 unspecified atom stereocenters. The number of amides is 1. The van der Waals surface area contributed by atoms with E-state index in [-0.39, 0.29) is 24.5 Å². The second-order valence-electron chi connectivity index (χ2n) is 5.96. The van der Waals surface area contributed by atoms with Gasteiger partial charge in [-0.3, -0.25) is 4.79 Å². The number of nitrogens with two attached hydrogens (primary N) is 1. The summed E-state index contributed by atoms with van der Waals surface area (Å²) < 4.78 is 0. The fourth-order valence-corrected chi connectivity index (χ4v) is 2.38. The lowest BCUT2D eigenvalue weighted by Crippen LogP contribution is -2.54. The van der Waals surface area contributed by atoms with Crippen LogP contribution in [0.15, 0.2) is 0 Å². The number of aliphatic hydroxyl groups is 1. The van der Waals surface area contributed by atoms with Crippen molar-refractivity contribution in [3.63, 3.8) is 0 Å². The predicted molar refractivity (Wildman–Crippen MR) is 68.4 cm³/mol. The Bertz CT molecular complexity index is 279. The second kappa shape index (κ2) is 5.36. The van der Waals surface area contributed by atoms with Crippen LogP contribution in [0, 0.1) is 11.8 Å². The van der Waals surface area contributed by atoms with Crippen LogP contribution in [0.1, 0.15) is 40.0 Å². The molecule has 0 aromatic carbocycles. The maximum atomic E-state index is 12.4. The topological polar surface area (TPSA) is 66.6 Å². The van der Waals surface area contributed by atoms with Crippen LogP contribution >= 0.6 is 0 Å². The van der Waals surface area contributed by atoms with Crippen LogP contribution in [0.4, 0.5) is 0 Å². The highest BCUT2D eigenvalue weighted by Crippen LogP contribution is 2.30. The molecule has 1 amide bonds. The number of hydrogen-bond donors (Lipinski definition) is 2. The van der Waals surface area contributed by atoms with E-state index in [0.717, 1.165) is 19.3 Å². The first-order chi connectivity index (χ1) is 7.81. The lowest BCUT2D eigenvalue weighted by Gasteiger charge is -2.40. The molecule has 1 saturated carbocycles. The molecule has 0 aliphatic heterocycles. The summed E-state index contributed by atoms with van der Waals surface area (Å²) >= 11 is 0. The Morgan fingerprint density at radius 2 is 2.06 bits per heavy atom. The van der Waals surface area contributed by atoms with Crippen molar-refractivity contribution in [3.05, 3.63) is 0 Å². The lowest BCUT2D eigenvalue weighted by molar-refractivity contribution is -0.142. The quantitative estimate of drug-likeness (QED) is 0.775. The minimum atomic E-state index is -0.516. The van der Waals surface area contributed by atoms with Crippen LogP contribution in [0.25, 0.3) is 0 Å². The molecule has 0 aromatic rings. The predicted octanol–water partition coefficient (Wildman–Crippen LogP) is 0.979. The Balaban J connectivity index is 2.75. The van der Waals surface area contributed by atoms with E-state index >= 15 is 0 Å². The van der Waals surface area contributed by atoms with Crippen LogP contribution in [0.2, 0.25) is 0 Å². The van der Waals surface area contributed by atoms with E-state index in [0.29, 0.717) is 5.92 Å². The van der Waals surface area contributed by atoms with Crippen LogP contribution in [-0.2, 0) is 4.79 Å². The molecule has 17 heavy (non-hydrogen) atoms. The van der Waals surface area contributed by atoms with Gasteiger partial charge in [0.25, 0.3) is 0 Å². The van der Waals surface area contributed by atoms with Crippen LogP contribution < -0.4 is 5.73 Å². The van der Waals surface area contributed by atoms with Gasteiger partial charge in [-0.2, -0.15) is 0 Å². The fourth-order valence-electron chi connectivity index (χ4n) is 2.38. The first-order valence-corrected chi connectivity index (χ1v) is 6.45. The summed E-state index contributed by atoms with van der Waals surface area (Å²) in [5.41, 5.74) is 5.62. The molecular weight excluding hydrogens is 216 g/mol. The highest BCUT2D eigenvalue weighted by molar-refractivity contribution is 5.80. The molecule has 1 rings (SSSR count). The summed E-state index contributed by atoms with van der Waals surface area (Å²) in [6.45, 7) is 5.80. The maximum Gasteiger partial charge on any atom is 0.227 e. The Morgan fingerprint density at radius 3 is 2.59 bits per heavy atom. The van der Waals surface area contributed by atoms with Gasteiger partial charge in [-0.15, -0.1) is 0 Å². The number of rotatable bonds is 3. The molecule has 0 saturated heterocycles. The first-order valence-electron chi connectivity index (χ1n) is 6.45. The highest BCUT2D eigenvalue weighted by Gasteiger charge is 2.37. The zero-order valence-electron chi connectivity index (χ0n) is 11.4. The third-order valence-electron chi connectivity index (χ3n) is 4.24. The smallest absolute Gasteiger partial charge is 0.227 e. The Kier molecular flexibility index (Phi) is 4.55. The minimum absolute atomic E-state index is 0.0350. The van der Waals surface area contributed by atoms with Gasteiger partial charge >= 0.3 is 0 Å². The SMILES string of the molecule is CC1CCCC(C(=O)N(C)C(C)(C)CO)C1N. The van der Waals surface area contributed by atoms with Gasteiger partial charge in [-0.1, -0.05) is 13.3 Å². The molecule has 1 aliphatic rings. The van der Waals surface area contributed by atoms with Crippen LogP contribution in [-0.4, -0.2) is 41.1 Å². The van der Waals surface area contributed by atoms with Crippen LogP contribution in [0.3, 0.4) is 0 Å². The molecule has 0 spiro atoms. The van der Waals surface area contributed by atoms with Gasteiger partial charge in [-0.25, -0.2) is 0 Å². The van der Waals surface area contributed by atoms with Gasteiger partial charge < -0.3 is 15.7 Å². The van der Waals surface area contributed by atoms with Crippen LogP contribution in [0.5, 0.6) is 0 Å². The largest absolute Gasteiger partial charge is 0.394 e. The van der Waals surface area contributed by atoms with Crippen molar-refractivity contribution in [2.24, 2.45) is 17.6 Å². The van der Waals surface area contributed by atoms with E-state index in [1.54, 1.807) is 11.9 Å². The van der Waals surface area contributed by atoms with Gasteiger partial charge in [0, 0.05) is 13.1 Å². The van der Waals surface area contributed by atoms with Gasteiger partial charge in [0.1, 0.15) is 0 Å². The molecule has 100 valence electrons. The monoisotopic (exact) mass is 242 g/mol. The summed E-state index contributed by atoms with van der Waals surface area (Å²) in [7, 11) is 1.75. The van der Waals surface area contributed by atoms with Gasteiger partial charge in [0.15, 0.2) is 0 Å². The second-order valence-corrected chi connectivity index (χ2v) is 5.96. The van der Waals surface area contributed by atoms with Crippen molar-refractivity contribution in [1.82, 2.24) is 4.90 Å². The van der Waals surface area contributed by atoms with Crippen molar-refractivity contribution >= 4 is 5.91 Å². The number of hydrogen-bond acceptors (Lipinski definition) is 3. The molecule has 3 N–H and O–H groups in total. The number of nitrogens with zero attached hydrogens (tertiary/aromatic N) is 1. The Hall–Kier alpha value is -0.610. The Labute approximate surface area is 104 Å². The summed E-state index contributed by atoms with van der Waals surface area (Å²) in [6.07, 6.45) is 3.05. The summed E-state index contributed by atoms with van der Waals surface area (Å²) in [5.74, 6) is 0.390. The van der Waals surface area contributed by atoms with E-state index in [1.165, 1.54) is 0 Å². The van der Waals surface area contributed by atoms with E-state index in [4.69, 9.17) is 5.73 Å². The molecule has 4 heteroatoms. The number of aliphatic hydroxyl groups excluding tert-OH is 1. The number of carbonyl (C=O) groups excluding carboxylic acids is 1. The molecule has 3 atom stereocenters. The molecule has 0 bridgehead atoms. The molecule has 0 heterocycles. The van der Waals surface area contributed by atoms with Crippen molar-refractivity contribution in [2.75, 3.05) is 13.7 Å². The molecule has 1 fully saturated rings.